The molecule has 18 atom stereocenters. The Kier molecular flexibility index (Phi) is 18.7. The molecule has 0 amide bonds. The predicted octanol–water partition coefficient (Wildman–Crippen LogP) is 3.00. The second-order valence-electron chi connectivity index (χ2n) is 19.4. The summed E-state index contributed by atoms with van der Waals surface area (Å²) in [5.41, 5.74) is -5.95. The molecule has 3 heterocycles. The molecule has 3 aliphatic rings. The van der Waals surface area contributed by atoms with Crippen molar-refractivity contribution in [3.8, 4) is 0 Å². The van der Waals surface area contributed by atoms with Crippen LogP contribution in [-0.2, 0) is 33.2 Å². The molecule has 1 unspecified atom stereocenters. The van der Waals surface area contributed by atoms with Gasteiger partial charge in [0, 0.05) is 44.6 Å². The molecule has 15 heteroatoms. The van der Waals surface area contributed by atoms with E-state index in [1.54, 1.807) is 34.8 Å². The zero-order valence-corrected chi connectivity index (χ0v) is 39.4. The minimum atomic E-state index is -1.80. The van der Waals surface area contributed by atoms with Crippen LogP contribution < -0.4 is 0 Å². The van der Waals surface area contributed by atoms with Crippen LogP contribution in [0.2, 0.25) is 0 Å². The highest BCUT2D eigenvalue weighted by Gasteiger charge is 2.59. The number of aliphatic hydroxyl groups excluding tert-OH is 2. The third-order valence-corrected chi connectivity index (χ3v) is 14.1. The van der Waals surface area contributed by atoms with Gasteiger partial charge in [0.1, 0.15) is 29.0 Å². The van der Waals surface area contributed by atoms with Gasteiger partial charge in [-0.15, -0.1) is 0 Å². The van der Waals surface area contributed by atoms with Gasteiger partial charge < -0.3 is 68.7 Å². The Labute approximate surface area is 356 Å². The van der Waals surface area contributed by atoms with Gasteiger partial charge >= 0.3 is 5.97 Å². The van der Waals surface area contributed by atoms with Gasteiger partial charge in [0.05, 0.1) is 42.0 Å². The largest absolute Gasteiger partial charge is 0.459 e. The molecule has 0 aromatic carbocycles. The molecule has 0 spiro atoms. The average Bonchev–Trinajstić information content (AvgIpc) is 3.16. The molecule has 15 nitrogen and oxygen atoms in total. The molecular formula is C44H85N3O12. The van der Waals surface area contributed by atoms with Crippen molar-refractivity contribution in [3.05, 3.63) is 0 Å². The second-order valence-corrected chi connectivity index (χ2v) is 19.4. The number of likely N-dealkylation sites (N-methyl/N-ethyl adjacent to an activating group) is 2. The van der Waals surface area contributed by atoms with Gasteiger partial charge in [0.2, 0.25) is 0 Å². The highest BCUT2D eigenvalue weighted by Crippen LogP contribution is 2.44. The minimum Gasteiger partial charge on any atom is -0.459 e. The molecule has 3 rings (SSSR count). The van der Waals surface area contributed by atoms with Crippen LogP contribution in [0.4, 0.5) is 0 Å². The quantitative estimate of drug-likeness (QED) is 0.181. The summed E-state index contributed by atoms with van der Waals surface area (Å²) < 4.78 is 38.8. The van der Waals surface area contributed by atoms with E-state index in [0.29, 0.717) is 26.1 Å². The van der Waals surface area contributed by atoms with E-state index in [-0.39, 0.29) is 44.0 Å². The number of aliphatic hydroxyl groups is 5. The van der Waals surface area contributed by atoms with E-state index in [1.165, 1.54) is 6.92 Å². The van der Waals surface area contributed by atoms with Crippen LogP contribution in [0, 0.1) is 17.8 Å². The summed E-state index contributed by atoms with van der Waals surface area (Å²) in [6.07, 6.45) is -6.73. The number of hydrogen-bond acceptors (Lipinski definition) is 15. The van der Waals surface area contributed by atoms with Crippen molar-refractivity contribution in [2.45, 2.75) is 205 Å². The van der Waals surface area contributed by atoms with Crippen molar-refractivity contribution < 1.29 is 58.7 Å². The van der Waals surface area contributed by atoms with Crippen molar-refractivity contribution in [3.63, 3.8) is 0 Å². The molecule has 3 saturated heterocycles. The number of ether oxygens (including phenoxy) is 6. The SMILES string of the molecule is CCCN1C[C@@H](C)[C@@H](O)[C@](C)(O)[C@H](CC)OC(=O)[C@H](C)[C@H](OC2C[C@@](C)(OC)[C@](O)(CN(C)CC)[C@H](C)O2)[C@H](C)[C@@H](O[C@@H]2O[C@H](C)C[C@H](N(C)C)[C@H]2O)[C@](C)(O)C[C@H]1C. The highest BCUT2D eigenvalue weighted by molar-refractivity contribution is 5.73. The molecule has 0 saturated carbocycles. The molecule has 348 valence electrons. The normalized spacial score (nSPS) is 46.5. The molecule has 0 bridgehead atoms. The first-order valence-corrected chi connectivity index (χ1v) is 22.2. The van der Waals surface area contributed by atoms with Crippen LogP contribution in [0.3, 0.4) is 0 Å². The average molecular weight is 848 g/mol. The summed E-state index contributed by atoms with van der Waals surface area (Å²) in [6.45, 7) is 24.0. The Hall–Kier alpha value is -1.05. The minimum absolute atomic E-state index is 0.0979. The standard InChI is InChI=1S/C44H85N3O12/c1-17-20-47-24-26(4)37(49)43(12,52)33(18-2)57-39(50)30(8)36(58-34-23-42(11,54-16)44(53,31(9)56-34)25-46(15)19-3)29(7)38(41(10,51)22-27(47)5)59-40-35(48)32(45(13)14)21-28(6)55-40/h26-38,40,48-49,51-53H,17-25H2,1-16H3/t26-,27-,28-,29+,30-,31+,32+,33+,34?,35-,36-,37-,38-,40+,41-,42-,43-,44+/m1/s1. The summed E-state index contributed by atoms with van der Waals surface area (Å²) in [6, 6.07) is -0.522. The Morgan fingerprint density at radius 1 is 0.915 bits per heavy atom. The number of carbonyl (C=O) groups excluding carboxylic acids is 1. The Morgan fingerprint density at radius 2 is 1.54 bits per heavy atom. The third kappa shape index (κ3) is 11.8. The monoisotopic (exact) mass is 848 g/mol. The van der Waals surface area contributed by atoms with E-state index in [4.69, 9.17) is 28.4 Å². The molecule has 59 heavy (non-hydrogen) atoms. The van der Waals surface area contributed by atoms with Crippen molar-refractivity contribution in [1.29, 1.82) is 0 Å². The number of carbonyl (C=O) groups is 1. The maximum atomic E-state index is 14.5. The summed E-state index contributed by atoms with van der Waals surface area (Å²) >= 11 is 0. The zero-order chi connectivity index (χ0) is 45.0. The third-order valence-electron chi connectivity index (χ3n) is 14.1. The van der Waals surface area contributed by atoms with Crippen LogP contribution in [0.25, 0.3) is 0 Å². The number of nitrogens with zero attached hydrogens (tertiary/aromatic N) is 3. The zero-order valence-electron chi connectivity index (χ0n) is 39.4. The maximum absolute atomic E-state index is 14.5. The molecule has 0 radical (unpaired) electrons. The first-order valence-electron chi connectivity index (χ1n) is 22.2. The summed E-state index contributed by atoms with van der Waals surface area (Å²) in [4.78, 5) is 20.6. The number of hydrogen-bond donors (Lipinski definition) is 5. The first-order chi connectivity index (χ1) is 27.2. The number of rotatable bonds is 12. The van der Waals surface area contributed by atoms with Crippen LogP contribution in [-0.4, -0.2) is 190 Å². The summed E-state index contributed by atoms with van der Waals surface area (Å²) in [7, 11) is 7.25. The van der Waals surface area contributed by atoms with Crippen LogP contribution in [0.5, 0.6) is 0 Å². The van der Waals surface area contributed by atoms with Gasteiger partial charge in [-0.3, -0.25) is 4.79 Å². The van der Waals surface area contributed by atoms with Crippen molar-refractivity contribution in [2.75, 3.05) is 54.4 Å². The van der Waals surface area contributed by atoms with Crippen LogP contribution in [0.1, 0.15) is 115 Å². The first kappa shape index (κ1) is 52.3. The fourth-order valence-electron chi connectivity index (χ4n) is 10.0. The Bertz CT molecular complexity index is 1310. The van der Waals surface area contributed by atoms with Crippen molar-refractivity contribution >= 4 is 5.97 Å². The molecule has 3 fully saturated rings. The lowest BCUT2D eigenvalue weighted by Gasteiger charge is -2.54. The van der Waals surface area contributed by atoms with Crippen molar-refractivity contribution in [2.24, 2.45) is 17.8 Å². The van der Waals surface area contributed by atoms with Gasteiger partial charge in [0.15, 0.2) is 12.6 Å². The number of methoxy groups -OCH3 is 1. The van der Waals surface area contributed by atoms with E-state index < -0.39 is 95.3 Å². The Balaban J connectivity index is 2.24. The van der Waals surface area contributed by atoms with E-state index in [2.05, 4.69) is 11.8 Å². The van der Waals surface area contributed by atoms with Crippen LogP contribution in [0.15, 0.2) is 0 Å². The summed E-state index contributed by atoms with van der Waals surface area (Å²) in [5.74, 6) is -2.93. The molecule has 3 aliphatic heterocycles. The van der Waals surface area contributed by atoms with Gasteiger partial charge in [-0.05, 0) is 114 Å². The fourth-order valence-corrected chi connectivity index (χ4v) is 10.0. The topological polar surface area (TPSA) is 183 Å². The maximum Gasteiger partial charge on any atom is 0.311 e. The van der Waals surface area contributed by atoms with Gasteiger partial charge in [-0.1, -0.05) is 34.6 Å². The molecular weight excluding hydrogens is 762 g/mol. The van der Waals surface area contributed by atoms with Gasteiger partial charge in [-0.25, -0.2) is 0 Å². The van der Waals surface area contributed by atoms with E-state index in [9.17, 15) is 30.3 Å². The lowest BCUT2D eigenvalue weighted by Crippen LogP contribution is -2.70. The van der Waals surface area contributed by atoms with E-state index in [0.717, 1.165) is 6.42 Å². The van der Waals surface area contributed by atoms with Gasteiger partial charge in [-0.2, -0.15) is 0 Å². The van der Waals surface area contributed by atoms with Gasteiger partial charge in [0.25, 0.3) is 0 Å². The smallest absolute Gasteiger partial charge is 0.311 e. The molecule has 0 aliphatic carbocycles. The van der Waals surface area contributed by atoms with Crippen LogP contribution >= 0.6 is 0 Å². The molecule has 0 aromatic heterocycles. The highest BCUT2D eigenvalue weighted by atomic mass is 16.7. The Morgan fingerprint density at radius 3 is 2.08 bits per heavy atom. The molecule has 0 aromatic rings. The number of esters is 1. The number of cyclic esters (lactones) is 1. The fraction of sp³-hybridized carbons (Fsp3) is 0.977. The predicted molar refractivity (Wildman–Crippen MR) is 226 cm³/mol. The van der Waals surface area contributed by atoms with E-state index in [1.807, 2.05) is 72.5 Å². The van der Waals surface area contributed by atoms with E-state index >= 15 is 0 Å². The summed E-state index contributed by atoms with van der Waals surface area (Å²) in [5, 5.41) is 60.3. The second kappa shape index (κ2) is 21.1. The van der Waals surface area contributed by atoms with Crippen molar-refractivity contribution in [1.82, 2.24) is 14.7 Å². The lowest BCUT2D eigenvalue weighted by molar-refractivity contribution is -0.339. The lowest BCUT2D eigenvalue weighted by atomic mass is 9.75. The molecule has 5 N–H and O–H groups in total.